The number of nitrogens with zero attached hydrogens (tertiary/aromatic N) is 1. The van der Waals surface area contributed by atoms with Crippen LogP contribution in [0.25, 0.3) is 0 Å². The number of hydrogen-bond donors (Lipinski definition) is 2. The van der Waals surface area contributed by atoms with Gasteiger partial charge in [-0.2, -0.15) is 0 Å². The van der Waals surface area contributed by atoms with Gasteiger partial charge in [0.05, 0.1) is 11.5 Å². The first-order chi connectivity index (χ1) is 9.10. The summed E-state index contributed by atoms with van der Waals surface area (Å²) < 4.78 is 5.28. The van der Waals surface area contributed by atoms with E-state index in [1.807, 2.05) is 6.92 Å². The lowest BCUT2D eigenvalue weighted by atomic mass is 10.1. The molecule has 19 heavy (non-hydrogen) atoms. The fourth-order valence-corrected chi connectivity index (χ4v) is 1.83. The van der Waals surface area contributed by atoms with Crippen molar-refractivity contribution in [1.29, 1.82) is 0 Å². The summed E-state index contributed by atoms with van der Waals surface area (Å²) in [6, 6.07) is 5.02. The van der Waals surface area contributed by atoms with Gasteiger partial charge in [-0.05, 0) is 38.8 Å². The molecular weight excluding hydrogens is 248 g/mol. The van der Waals surface area contributed by atoms with Crippen LogP contribution in [0.1, 0.15) is 26.7 Å². The van der Waals surface area contributed by atoms with Crippen LogP contribution in [0.15, 0.2) is 18.2 Å². The second kappa shape index (κ2) is 7.58. The van der Waals surface area contributed by atoms with E-state index in [-0.39, 0.29) is 24.1 Å². The Morgan fingerprint density at radius 1 is 1.53 bits per heavy atom. The molecular formula is C13H20N2O4. The van der Waals surface area contributed by atoms with Gasteiger partial charge in [0.25, 0.3) is 0 Å². The van der Waals surface area contributed by atoms with Crippen molar-refractivity contribution in [3.05, 3.63) is 28.3 Å². The molecule has 0 aliphatic rings. The summed E-state index contributed by atoms with van der Waals surface area (Å²) in [4.78, 5) is 10.7. The summed E-state index contributed by atoms with van der Waals surface area (Å²) in [6.07, 6.45) is 1.40. The van der Waals surface area contributed by atoms with Gasteiger partial charge >= 0.3 is 5.69 Å². The summed E-state index contributed by atoms with van der Waals surface area (Å²) in [5.74, 6) is 0.270. The number of nitrogens with one attached hydrogen (secondary N) is 1. The van der Waals surface area contributed by atoms with Crippen molar-refractivity contribution in [3.8, 4) is 5.75 Å². The summed E-state index contributed by atoms with van der Waals surface area (Å²) in [7, 11) is 0. The highest BCUT2D eigenvalue weighted by Gasteiger charge is 2.21. The molecule has 0 fully saturated rings. The number of hydrogen-bond acceptors (Lipinski definition) is 5. The highest BCUT2D eigenvalue weighted by molar-refractivity contribution is 5.68. The lowest BCUT2D eigenvalue weighted by molar-refractivity contribution is -0.385. The van der Waals surface area contributed by atoms with Crippen LogP contribution in [0, 0.1) is 10.1 Å². The van der Waals surface area contributed by atoms with E-state index >= 15 is 0 Å². The number of aliphatic hydroxyl groups excluding tert-OH is 1. The molecule has 1 atom stereocenters. The normalized spacial score (nSPS) is 11.9. The van der Waals surface area contributed by atoms with Crippen LogP contribution in [0.2, 0.25) is 0 Å². The average Bonchev–Trinajstić information content (AvgIpc) is 2.36. The highest BCUT2D eigenvalue weighted by Crippen LogP contribution is 2.35. The van der Waals surface area contributed by atoms with Crippen LogP contribution in [0.4, 0.5) is 11.4 Å². The molecule has 106 valence electrons. The van der Waals surface area contributed by atoms with Gasteiger partial charge in [0.1, 0.15) is 5.69 Å². The molecule has 0 heterocycles. The van der Waals surface area contributed by atoms with Crippen molar-refractivity contribution < 1.29 is 14.8 Å². The van der Waals surface area contributed by atoms with Gasteiger partial charge < -0.3 is 15.2 Å². The fraction of sp³-hybridized carbons (Fsp3) is 0.538. The van der Waals surface area contributed by atoms with Crippen molar-refractivity contribution in [2.24, 2.45) is 0 Å². The van der Waals surface area contributed by atoms with E-state index in [2.05, 4.69) is 5.32 Å². The van der Waals surface area contributed by atoms with Crippen LogP contribution in [0.3, 0.4) is 0 Å². The van der Waals surface area contributed by atoms with Gasteiger partial charge in [0, 0.05) is 12.6 Å². The Kier molecular flexibility index (Phi) is 6.08. The minimum absolute atomic E-state index is 0.0415. The number of anilines is 1. The molecule has 6 heteroatoms. The number of rotatable bonds is 8. The first-order valence-electron chi connectivity index (χ1n) is 6.37. The highest BCUT2D eigenvalue weighted by atomic mass is 16.6. The van der Waals surface area contributed by atoms with Crippen molar-refractivity contribution in [2.45, 2.75) is 32.7 Å². The van der Waals surface area contributed by atoms with Crippen molar-refractivity contribution in [2.75, 3.05) is 18.5 Å². The Hall–Kier alpha value is -1.82. The van der Waals surface area contributed by atoms with Crippen LogP contribution < -0.4 is 10.1 Å². The summed E-state index contributed by atoms with van der Waals surface area (Å²) in [5, 5.41) is 23.0. The van der Waals surface area contributed by atoms with Crippen molar-refractivity contribution in [3.63, 3.8) is 0 Å². The first-order valence-corrected chi connectivity index (χ1v) is 6.37. The van der Waals surface area contributed by atoms with E-state index in [1.165, 1.54) is 0 Å². The van der Waals surface area contributed by atoms with Crippen molar-refractivity contribution in [1.82, 2.24) is 0 Å². The van der Waals surface area contributed by atoms with Crippen molar-refractivity contribution >= 4 is 11.4 Å². The molecule has 1 aromatic carbocycles. The third kappa shape index (κ3) is 4.40. The number of benzene rings is 1. The minimum atomic E-state index is -0.438. The van der Waals surface area contributed by atoms with Crippen LogP contribution in [-0.2, 0) is 0 Å². The maximum absolute atomic E-state index is 11.2. The molecule has 2 N–H and O–H groups in total. The van der Waals surface area contributed by atoms with Gasteiger partial charge in [-0.1, -0.05) is 6.07 Å². The van der Waals surface area contributed by atoms with E-state index in [4.69, 9.17) is 9.84 Å². The smallest absolute Gasteiger partial charge is 0.333 e. The number of nitro benzene ring substituents is 1. The van der Waals surface area contributed by atoms with E-state index in [9.17, 15) is 10.1 Å². The molecule has 0 saturated heterocycles. The summed E-state index contributed by atoms with van der Waals surface area (Å²) in [5.41, 5.74) is 0.404. The van der Waals surface area contributed by atoms with E-state index in [0.717, 1.165) is 6.42 Å². The van der Waals surface area contributed by atoms with Crippen LogP contribution in [0.5, 0.6) is 5.75 Å². The first kappa shape index (κ1) is 15.2. The average molecular weight is 268 g/mol. The Morgan fingerprint density at radius 3 is 2.84 bits per heavy atom. The predicted octanol–water partition coefficient (Wildman–Crippen LogP) is 2.57. The third-order valence-electron chi connectivity index (χ3n) is 2.68. The quantitative estimate of drug-likeness (QED) is 0.559. The Labute approximate surface area is 112 Å². The SMILES string of the molecule is CCOc1cccc(NC(C)CCCO)c1[N+](=O)[O-]. The second-order valence-corrected chi connectivity index (χ2v) is 4.25. The predicted molar refractivity (Wildman–Crippen MR) is 73.7 cm³/mol. The molecule has 6 nitrogen and oxygen atoms in total. The minimum Gasteiger partial charge on any atom is -0.487 e. The summed E-state index contributed by atoms with van der Waals surface area (Å²) >= 11 is 0. The molecule has 0 bridgehead atoms. The lowest BCUT2D eigenvalue weighted by Crippen LogP contribution is -2.16. The Morgan fingerprint density at radius 2 is 2.26 bits per heavy atom. The molecule has 1 unspecified atom stereocenters. The van der Waals surface area contributed by atoms with Gasteiger partial charge in [0.2, 0.25) is 0 Å². The Balaban J connectivity index is 2.93. The zero-order chi connectivity index (χ0) is 14.3. The maximum atomic E-state index is 11.2. The molecule has 0 aromatic heterocycles. The van der Waals surface area contributed by atoms with Crippen LogP contribution in [-0.4, -0.2) is 29.3 Å². The standard InChI is InChI=1S/C13H20N2O4/c1-3-19-12-8-4-7-11(13(12)15(17)18)14-10(2)6-5-9-16/h4,7-8,10,14,16H,3,5-6,9H2,1-2H3. The molecule has 0 aliphatic carbocycles. The van der Waals surface area contributed by atoms with Gasteiger partial charge in [0.15, 0.2) is 5.75 Å². The summed E-state index contributed by atoms with van der Waals surface area (Å²) in [6.45, 7) is 4.21. The van der Waals surface area contributed by atoms with E-state index < -0.39 is 4.92 Å². The fourth-order valence-electron chi connectivity index (χ4n) is 1.83. The molecule has 1 rings (SSSR count). The monoisotopic (exact) mass is 268 g/mol. The molecule has 1 aromatic rings. The second-order valence-electron chi connectivity index (χ2n) is 4.25. The topological polar surface area (TPSA) is 84.6 Å². The number of ether oxygens (including phenoxy) is 1. The largest absolute Gasteiger partial charge is 0.487 e. The number of nitro groups is 1. The van der Waals surface area contributed by atoms with E-state index in [0.29, 0.717) is 18.7 Å². The number of aliphatic hydroxyl groups is 1. The number of para-hydroxylation sites is 1. The lowest BCUT2D eigenvalue weighted by Gasteiger charge is -2.15. The molecule has 0 saturated carbocycles. The molecule has 0 spiro atoms. The van der Waals surface area contributed by atoms with E-state index in [1.54, 1.807) is 25.1 Å². The zero-order valence-corrected chi connectivity index (χ0v) is 11.3. The van der Waals surface area contributed by atoms with Gasteiger partial charge in [-0.3, -0.25) is 10.1 Å². The zero-order valence-electron chi connectivity index (χ0n) is 11.3. The maximum Gasteiger partial charge on any atom is 0.333 e. The van der Waals surface area contributed by atoms with Gasteiger partial charge in [-0.15, -0.1) is 0 Å². The van der Waals surface area contributed by atoms with Gasteiger partial charge in [-0.25, -0.2) is 0 Å². The third-order valence-corrected chi connectivity index (χ3v) is 2.68. The molecule has 0 amide bonds. The molecule has 0 aliphatic heterocycles. The Bertz CT molecular complexity index is 423. The molecule has 0 radical (unpaired) electrons. The van der Waals surface area contributed by atoms with Crippen LogP contribution >= 0.6 is 0 Å².